The van der Waals surface area contributed by atoms with Crippen molar-refractivity contribution in [2.24, 2.45) is 0 Å². The Bertz CT molecular complexity index is 870. The van der Waals surface area contributed by atoms with E-state index in [0.717, 1.165) is 11.3 Å². The fourth-order valence-corrected chi connectivity index (χ4v) is 2.88. The molecule has 1 amide bonds. The summed E-state index contributed by atoms with van der Waals surface area (Å²) in [7, 11) is 0. The number of hydrogen-bond donors (Lipinski definition) is 1. The van der Waals surface area contributed by atoms with Gasteiger partial charge in [0.05, 0.1) is 5.02 Å². The molecule has 0 aliphatic heterocycles. The van der Waals surface area contributed by atoms with Crippen molar-refractivity contribution in [1.29, 1.82) is 0 Å². The minimum atomic E-state index is -0.738. The van der Waals surface area contributed by atoms with Crippen molar-refractivity contribution in [1.82, 2.24) is 9.59 Å². The third-order valence-electron chi connectivity index (χ3n) is 3.40. The lowest BCUT2D eigenvalue weighted by Crippen LogP contribution is -2.30. The van der Waals surface area contributed by atoms with E-state index in [-0.39, 0.29) is 10.9 Å². The fourth-order valence-electron chi connectivity index (χ4n) is 2.08. The molecule has 0 saturated heterocycles. The van der Waals surface area contributed by atoms with Crippen LogP contribution in [-0.4, -0.2) is 21.6 Å². The van der Waals surface area contributed by atoms with Gasteiger partial charge in [-0.2, -0.15) is 0 Å². The van der Waals surface area contributed by atoms with Gasteiger partial charge in [0.2, 0.25) is 0 Å². The van der Waals surface area contributed by atoms with Crippen LogP contribution in [0, 0.1) is 0 Å². The van der Waals surface area contributed by atoms with Gasteiger partial charge in [-0.3, -0.25) is 4.79 Å². The maximum Gasteiger partial charge on any atom is 0.265 e. The predicted molar refractivity (Wildman–Crippen MR) is 101 cm³/mol. The predicted octanol–water partition coefficient (Wildman–Crippen LogP) is 4.92. The highest BCUT2D eigenvalue weighted by atomic mass is 35.5. The molecule has 3 rings (SSSR count). The number of rotatable bonds is 5. The summed E-state index contributed by atoms with van der Waals surface area (Å²) in [6.07, 6.45) is -0.738. The van der Waals surface area contributed by atoms with Crippen molar-refractivity contribution in [2.45, 2.75) is 13.0 Å². The molecule has 3 aromatic rings. The number of carbonyl (C=O) groups excluding carboxylic acids is 1. The van der Waals surface area contributed by atoms with Crippen LogP contribution in [-0.2, 0) is 4.79 Å². The van der Waals surface area contributed by atoms with Crippen LogP contribution >= 0.6 is 34.7 Å². The summed E-state index contributed by atoms with van der Waals surface area (Å²) >= 11 is 13.3. The lowest BCUT2D eigenvalue weighted by atomic mass is 10.1. The average Bonchev–Trinajstić information content (AvgIpc) is 3.14. The van der Waals surface area contributed by atoms with E-state index in [9.17, 15) is 4.79 Å². The first-order valence-corrected chi connectivity index (χ1v) is 8.93. The van der Waals surface area contributed by atoms with Crippen LogP contribution in [0.15, 0.2) is 47.8 Å². The van der Waals surface area contributed by atoms with Gasteiger partial charge in [0.1, 0.15) is 16.5 Å². The summed E-state index contributed by atoms with van der Waals surface area (Å²) in [5.41, 5.74) is 2.39. The molecule has 25 heavy (non-hydrogen) atoms. The first kappa shape index (κ1) is 17.7. The molecule has 5 nitrogen and oxygen atoms in total. The Labute approximate surface area is 158 Å². The summed E-state index contributed by atoms with van der Waals surface area (Å²) < 4.78 is 9.43. The van der Waals surface area contributed by atoms with E-state index in [0.29, 0.717) is 16.5 Å². The van der Waals surface area contributed by atoms with Crippen molar-refractivity contribution in [3.8, 4) is 17.0 Å². The normalized spacial score (nSPS) is 11.8. The monoisotopic (exact) mass is 393 g/mol. The molecule has 0 fully saturated rings. The maximum absolute atomic E-state index is 12.3. The Kier molecular flexibility index (Phi) is 5.53. The van der Waals surface area contributed by atoms with E-state index >= 15 is 0 Å². The van der Waals surface area contributed by atoms with Crippen LogP contribution in [0.25, 0.3) is 11.3 Å². The lowest BCUT2D eigenvalue weighted by Gasteiger charge is -2.16. The van der Waals surface area contributed by atoms with Gasteiger partial charge in [-0.1, -0.05) is 45.9 Å². The molecule has 1 N–H and O–H groups in total. The molecular weight excluding hydrogens is 381 g/mol. The first-order chi connectivity index (χ1) is 12.0. The molecule has 0 radical (unpaired) electrons. The van der Waals surface area contributed by atoms with Crippen molar-refractivity contribution in [3.05, 3.63) is 57.9 Å². The SMILES string of the molecule is CC(Oc1cccc(Cl)c1Cl)C(=O)Nc1ccc(-c2csnn2)cc1. The number of halogens is 2. The van der Waals surface area contributed by atoms with Crippen LogP contribution in [0.5, 0.6) is 5.75 Å². The summed E-state index contributed by atoms with van der Waals surface area (Å²) in [5.74, 6) is 0.0716. The Morgan fingerprint density at radius 3 is 2.64 bits per heavy atom. The van der Waals surface area contributed by atoms with Gasteiger partial charge in [0, 0.05) is 16.6 Å². The zero-order valence-corrected chi connectivity index (χ0v) is 15.4. The quantitative estimate of drug-likeness (QED) is 0.667. The molecule has 1 aromatic heterocycles. The number of carbonyl (C=O) groups is 1. The number of nitrogens with zero attached hydrogens (tertiary/aromatic N) is 2. The molecule has 1 heterocycles. The molecule has 8 heteroatoms. The molecule has 0 aliphatic rings. The van der Waals surface area contributed by atoms with Crippen LogP contribution < -0.4 is 10.1 Å². The van der Waals surface area contributed by atoms with E-state index in [2.05, 4.69) is 14.9 Å². The maximum atomic E-state index is 12.3. The first-order valence-electron chi connectivity index (χ1n) is 7.33. The molecule has 1 atom stereocenters. The number of aromatic nitrogens is 2. The zero-order chi connectivity index (χ0) is 17.8. The van der Waals surface area contributed by atoms with Crippen LogP contribution in [0.4, 0.5) is 5.69 Å². The van der Waals surface area contributed by atoms with Gasteiger partial charge in [-0.05, 0) is 42.7 Å². The summed E-state index contributed by atoms with van der Waals surface area (Å²) in [6.45, 7) is 1.64. The van der Waals surface area contributed by atoms with Gasteiger partial charge in [-0.15, -0.1) is 5.10 Å². The standard InChI is InChI=1S/C17H13Cl2N3O2S/c1-10(24-15-4-2-3-13(18)16(15)19)17(23)20-12-7-5-11(6-8-12)14-9-25-22-21-14/h2-10H,1H3,(H,20,23). The van der Waals surface area contributed by atoms with Crippen molar-refractivity contribution >= 4 is 46.3 Å². The molecule has 128 valence electrons. The Hall–Kier alpha value is -2.15. The number of benzene rings is 2. The third-order valence-corrected chi connectivity index (χ3v) is 4.70. The molecule has 0 spiro atoms. The van der Waals surface area contributed by atoms with E-state index < -0.39 is 6.10 Å². The lowest BCUT2D eigenvalue weighted by molar-refractivity contribution is -0.122. The number of amides is 1. The number of nitrogens with one attached hydrogen (secondary N) is 1. The largest absolute Gasteiger partial charge is 0.479 e. The van der Waals surface area contributed by atoms with E-state index in [4.69, 9.17) is 27.9 Å². The molecular formula is C17H13Cl2N3O2S. The highest BCUT2D eigenvalue weighted by Crippen LogP contribution is 2.32. The fraction of sp³-hybridized carbons (Fsp3) is 0.118. The average molecular weight is 394 g/mol. The smallest absolute Gasteiger partial charge is 0.265 e. The highest BCUT2D eigenvalue weighted by molar-refractivity contribution is 7.03. The number of ether oxygens (including phenoxy) is 1. The zero-order valence-electron chi connectivity index (χ0n) is 13.1. The van der Waals surface area contributed by atoms with Crippen molar-refractivity contribution < 1.29 is 9.53 Å². The van der Waals surface area contributed by atoms with E-state index in [1.54, 1.807) is 37.3 Å². The minimum absolute atomic E-state index is 0.282. The molecule has 1 unspecified atom stereocenters. The second-order valence-electron chi connectivity index (χ2n) is 5.17. The highest BCUT2D eigenvalue weighted by Gasteiger charge is 2.17. The van der Waals surface area contributed by atoms with E-state index in [1.165, 1.54) is 11.5 Å². The second-order valence-corrected chi connectivity index (χ2v) is 6.56. The van der Waals surface area contributed by atoms with Crippen molar-refractivity contribution in [2.75, 3.05) is 5.32 Å². The van der Waals surface area contributed by atoms with Gasteiger partial charge in [0.15, 0.2) is 6.10 Å². The van der Waals surface area contributed by atoms with Crippen LogP contribution in [0.2, 0.25) is 10.0 Å². The summed E-state index contributed by atoms with van der Waals surface area (Å²) in [6, 6.07) is 12.4. The third kappa shape index (κ3) is 4.28. The van der Waals surface area contributed by atoms with Gasteiger partial charge in [0.25, 0.3) is 5.91 Å². The topological polar surface area (TPSA) is 64.1 Å². The minimum Gasteiger partial charge on any atom is -0.479 e. The molecule has 0 aliphatic carbocycles. The number of anilines is 1. The van der Waals surface area contributed by atoms with Crippen LogP contribution in [0.1, 0.15) is 6.92 Å². The number of hydrogen-bond acceptors (Lipinski definition) is 5. The Balaban J connectivity index is 1.64. The summed E-state index contributed by atoms with van der Waals surface area (Å²) in [5, 5.41) is 9.32. The van der Waals surface area contributed by atoms with Crippen molar-refractivity contribution in [3.63, 3.8) is 0 Å². The second kappa shape index (κ2) is 7.82. The van der Waals surface area contributed by atoms with Crippen LogP contribution in [0.3, 0.4) is 0 Å². The summed E-state index contributed by atoms with van der Waals surface area (Å²) in [4.78, 5) is 12.3. The van der Waals surface area contributed by atoms with E-state index in [1.807, 2.05) is 17.5 Å². The molecule has 0 saturated carbocycles. The molecule has 0 bridgehead atoms. The Morgan fingerprint density at radius 1 is 1.20 bits per heavy atom. The van der Waals surface area contributed by atoms with Gasteiger partial charge < -0.3 is 10.1 Å². The van der Waals surface area contributed by atoms with Gasteiger partial charge in [-0.25, -0.2) is 0 Å². The van der Waals surface area contributed by atoms with Gasteiger partial charge >= 0.3 is 0 Å². The Morgan fingerprint density at radius 2 is 1.96 bits per heavy atom. The molecule has 2 aromatic carbocycles.